The molecule has 0 heterocycles. The topological polar surface area (TPSA) is 41.1 Å². The van der Waals surface area contributed by atoms with Crippen molar-refractivity contribution >= 4 is 17.7 Å². The lowest BCUT2D eigenvalue weighted by Gasteiger charge is -2.09. The van der Waals surface area contributed by atoms with Gasteiger partial charge in [0.2, 0.25) is 5.91 Å². The van der Waals surface area contributed by atoms with Gasteiger partial charge >= 0.3 is 6.18 Å². The van der Waals surface area contributed by atoms with Crippen LogP contribution in [0.4, 0.5) is 13.2 Å². The van der Waals surface area contributed by atoms with Crippen LogP contribution in [0.15, 0.2) is 29.2 Å². The molecular formula is C14H19F3N2OS. The van der Waals surface area contributed by atoms with Crippen molar-refractivity contribution in [3.05, 3.63) is 29.8 Å². The van der Waals surface area contributed by atoms with Crippen LogP contribution >= 0.6 is 11.8 Å². The zero-order valence-electron chi connectivity index (χ0n) is 11.8. The van der Waals surface area contributed by atoms with Crippen LogP contribution in [0.3, 0.4) is 0 Å². The Morgan fingerprint density at radius 2 is 2.10 bits per heavy atom. The number of carbonyl (C=O) groups excluding carboxylic acids is 1. The van der Waals surface area contributed by atoms with Crippen LogP contribution in [0.2, 0.25) is 0 Å². The molecular weight excluding hydrogens is 301 g/mol. The fourth-order valence-corrected chi connectivity index (χ4v) is 2.36. The predicted octanol–water partition coefficient (Wildman–Crippen LogP) is 2.96. The van der Waals surface area contributed by atoms with E-state index < -0.39 is 18.6 Å². The van der Waals surface area contributed by atoms with E-state index in [1.54, 1.807) is 0 Å². The van der Waals surface area contributed by atoms with Crippen LogP contribution in [-0.4, -0.2) is 30.9 Å². The number of rotatable bonds is 8. The maximum Gasteiger partial charge on any atom is 0.405 e. The quantitative estimate of drug-likeness (QED) is 0.571. The van der Waals surface area contributed by atoms with E-state index >= 15 is 0 Å². The van der Waals surface area contributed by atoms with E-state index in [0.717, 1.165) is 30.0 Å². The molecule has 0 bridgehead atoms. The lowest BCUT2D eigenvalue weighted by atomic mass is 10.2. The molecule has 0 saturated carbocycles. The smallest absolute Gasteiger partial charge is 0.346 e. The minimum Gasteiger partial charge on any atom is -0.346 e. The van der Waals surface area contributed by atoms with Crippen LogP contribution in [0.25, 0.3) is 0 Å². The molecule has 1 aromatic rings. The second-order valence-electron chi connectivity index (χ2n) is 4.50. The monoisotopic (exact) mass is 320 g/mol. The number of halogens is 3. The summed E-state index contributed by atoms with van der Waals surface area (Å²) < 4.78 is 35.9. The Bertz CT molecular complexity index is 452. The predicted molar refractivity (Wildman–Crippen MR) is 78.2 cm³/mol. The molecule has 0 aliphatic rings. The molecule has 0 aromatic heterocycles. The highest BCUT2D eigenvalue weighted by Gasteiger charge is 2.27. The Balaban J connectivity index is 2.37. The third-order valence-electron chi connectivity index (χ3n) is 2.51. The molecule has 0 spiro atoms. The van der Waals surface area contributed by atoms with Gasteiger partial charge in [-0.1, -0.05) is 19.1 Å². The second kappa shape index (κ2) is 8.94. The Labute approximate surface area is 126 Å². The number of nitrogens with one attached hydrogen (secondary N) is 2. The summed E-state index contributed by atoms with van der Waals surface area (Å²) in [6, 6.07) is 7.62. The zero-order valence-corrected chi connectivity index (χ0v) is 12.6. The third-order valence-corrected chi connectivity index (χ3v) is 3.50. The molecule has 3 nitrogen and oxygen atoms in total. The first kappa shape index (κ1) is 17.8. The molecule has 118 valence electrons. The van der Waals surface area contributed by atoms with E-state index in [1.165, 1.54) is 11.8 Å². The molecule has 1 aromatic carbocycles. The highest BCUT2D eigenvalue weighted by atomic mass is 32.2. The van der Waals surface area contributed by atoms with E-state index in [0.29, 0.717) is 0 Å². The molecule has 0 fully saturated rings. The Morgan fingerprint density at radius 3 is 2.76 bits per heavy atom. The number of benzene rings is 1. The van der Waals surface area contributed by atoms with Crippen molar-refractivity contribution in [2.24, 2.45) is 0 Å². The molecule has 1 rings (SSSR count). The van der Waals surface area contributed by atoms with Gasteiger partial charge in [-0.3, -0.25) is 4.79 Å². The first-order chi connectivity index (χ1) is 9.90. The highest BCUT2D eigenvalue weighted by Crippen LogP contribution is 2.19. The SMILES string of the molecule is CCCNCc1cccc(SCC(=O)NCC(F)(F)F)c1. The van der Waals surface area contributed by atoms with Crippen LogP contribution in [0.1, 0.15) is 18.9 Å². The largest absolute Gasteiger partial charge is 0.405 e. The number of carbonyl (C=O) groups is 1. The van der Waals surface area contributed by atoms with Crippen LogP contribution in [-0.2, 0) is 11.3 Å². The van der Waals surface area contributed by atoms with Crippen molar-refractivity contribution in [1.29, 1.82) is 0 Å². The number of alkyl halides is 3. The van der Waals surface area contributed by atoms with Gasteiger partial charge in [-0.15, -0.1) is 11.8 Å². The van der Waals surface area contributed by atoms with Gasteiger partial charge in [0.25, 0.3) is 0 Å². The van der Waals surface area contributed by atoms with Crippen molar-refractivity contribution in [2.45, 2.75) is 31.0 Å². The first-order valence-corrected chi connectivity index (χ1v) is 7.65. The zero-order chi connectivity index (χ0) is 15.7. The minimum atomic E-state index is -4.37. The maximum atomic E-state index is 12.0. The van der Waals surface area contributed by atoms with E-state index in [2.05, 4.69) is 12.2 Å². The van der Waals surface area contributed by atoms with Crippen molar-refractivity contribution in [1.82, 2.24) is 10.6 Å². The van der Waals surface area contributed by atoms with Crippen molar-refractivity contribution in [3.8, 4) is 0 Å². The molecule has 0 radical (unpaired) electrons. The lowest BCUT2D eigenvalue weighted by molar-refractivity contribution is -0.136. The molecule has 7 heteroatoms. The van der Waals surface area contributed by atoms with Gasteiger partial charge in [0.1, 0.15) is 6.54 Å². The van der Waals surface area contributed by atoms with Gasteiger partial charge in [-0.05, 0) is 30.7 Å². The fourth-order valence-electron chi connectivity index (χ4n) is 1.55. The number of hydrogen-bond acceptors (Lipinski definition) is 3. The lowest BCUT2D eigenvalue weighted by Crippen LogP contribution is -2.34. The molecule has 0 unspecified atom stereocenters. The molecule has 0 aliphatic carbocycles. The number of thioether (sulfide) groups is 1. The molecule has 1 amide bonds. The van der Waals surface area contributed by atoms with Crippen molar-refractivity contribution in [2.75, 3.05) is 18.8 Å². The van der Waals surface area contributed by atoms with Crippen molar-refractivity contribution < 1.29 is 18.0 Å². The summed E-state index contributed by atoms with van der Waals surface area (Å²) in [7, 11) is 0. The highest BCUT2D eigenvalue weighted by molar-refractivity contribution is 8.00. The number of amides is 1. The first-order valence-electron chi connectivity index (χ1n) is 6.66. The summed E-state index contributed by atoms with van der Waals surface area (Å²) >= 11 is 1.23. The molecule has 0 atom stereocenters. The second-order valence-corrected chi connectivity index (χ2v) is 5.55. The summed E-state index contributed by atoms with van der Waals surface area (Å²) in [5, 5.41) is 5.12. The summed E-state index contributed by atoms with van der Waals surface area (Å²) in [5.41, 5.74) is 1.09. The summed E-state index contributed by atoms with van der Waals surface area (Å²) in [4.78, 5) is 12.2. The average molecular weight is 320 g/mol. The van der Waals surface area contributed by atoms with Gasteiger partial charge in [0.15, 0.2) is 0 Å². The van der Waals surface area contributed by atoms with E-state index in [-0.39, 0.29) is 5.75 Å². The standard InChI is InChI=1S/C14H19F3N2OS/c1-2-6-18-8-11-4-3-5-12(7-11)21-9-13(20)19-10-14(15,16)17/h3-5,7,18H,2,6,8-10H2,1H3,(H,19,20). The van der Waals surface area contributed by atoms with Crippen LogP contribution in [0, 0.1) is 0 Å². The van der Waals surface area contributed by atoms with Gasteiger partial charge in [-0.2, -0.15) is 13.2 Å². The molecule has 21 heavy (non-hydrogen) atoms. The molecule has 0 aliphatic heterocycles. The van der Waals surface area contributed by atoms with Gasteiger partial charge in [0, 0.05) is 11.4 Å². The number of hydrogen-bond donors (Lipinski definition) is 2. The van der Waals surface area contributed by atoms with Crippen molar-refractivity contribution in [3.63, 3.8) is 0 Å². The van der Waals surface area contributed by atoms with E-state index in [4.69, 9.17) is 0 Å². The normalized spacial score (nSPS) is 11.4. The summed E-state index contributed by atoms with van der Waals surface area (Å²) in [5.74, 6) is -0.645. The third kappa shape index (κ3) is 8.62. The maximum absolute atomic E-state index is 12.0. The van der Waals surface area contributed by atoms with E-state index in [1.807, 2.05) is 29.6 Å². The van der Waals surface area contributed by atoms with Crippen LogP contribution in [0.5, 0.6) is 0 Å². The van der Waals surface area contributed by atoms with E-state index in [9.17, 15) is 18.0 Å². The van der Waals surface area contributed by atoms with Crippen LogP contribution < -0.4 is 10.6 Å². The van der Waals surface area contributed by atoms with Gasteiger partial charge < -0.3 is 10.6 Å². The van der Waals surface area contributed by atoms with Gasteiger partial charge in [0.05, 0.1) is 5.75 Å². The summed E-state index contributed by atoms with van der Waals surface area (Å²) in [6.07, 6.45) is -3.32. The Kier molecular flexibility index (Phi) is 7.60. The minimum absolute atomic E-state index is 0.0259. The molecule has 0 saturated heterocycles. The Morgan fingerprint density at radius 1 is 1.33 bits per heavy atom. The molecule has 2 N–H and O–H groups in total. The van der Waals surface area contributed by atoms with Gasteiger partial charge in [-0.25, -0.2) is 0 Å². The fraction of sp³-hybridized carbons (Fsp3) is 0.500. The average Bonchev–Trinajstić information content (AvgIpc) is 2.43. The Hall–Kier alpha value is -1.21. The summed E-state index contributed by atoms with van der Waals surface area (Å²) in [6.45, 7) is 2.46.